The molecule has 0 aliphatic rings. The van der Waals surface area contributed by atoms with Crippen LogP contribution in [0.2, 0.25) is 5.02 Å². The Labute approximate surface area is 124 Å². The smallest absolute Gasteiger partial charge is 0.305 e. The summed E-state index contributed by atoms with van der Waals surface area (Å²) in [6.07, 6.45) is 0.880. The molecule has 0 unspecified atom stereocenters. The van der Waals surface area contributed by atoms with Crippen LogP contribution in [-0.4, -0.2) is 23.5 Å². The summed E-state index contributed by atoms with van der Waals surface area (Å²) >= 11 is 5.59. The van der Waals surface area contributed by atoms with Crippen LogP contribution in [-0.2, 0) is 9.59 Å². The molecule has 1 amide bonds. The van der Waals surface area contributed by atoms with Crippen molar-refractivity contribution in [3.05, 3.63) is 40.8 Å². The zero-order chi connectivity index (χ0) is 15.8. The van der Waals surface area contributed by atoms with Crippen molar-refractivity contribution in [1.82, 2.24) is 5.32 Å². The number of carbonyl (C=O) groups excluding carboxylic acids is 1. The fraction of sp³-hybridized carbons (Fsp3) is 0.154. The second kappa shape index (κ2) is 7.87. The summed E-state index contributed by atoms with van der Waals surface area (Å²) in [6, 6.07) is 5.48. The van der Waals surface area contributed by atoms with Crippen LogP contribution < -0.4 is 10.6 Å². The van der Waals surface area contributed by atoms with Gasteiger partial charge in [0.15, 0.2) is 0 Å². The molecule has 0 spiro atoms. The van der Waals surface area contributed by atoms with Gasteiger partial charge in [0.05, 0.1) is 11.4 Å². The fourth-order valence-corrected chi connectivity index (χ4v) is 1.45. The molecule has 0 aromatic heterocycles. The van der Waals surface area contributed by atoms with Crippen molar-refractivity contribution in [3.8, 4) is 6.07 Å². The topological polar surface area (TPSA) is 102 Å². The van der Waals surface area contributed by atoms with E-state index in [4.69, 9.17) is 22.0 Å². The molecular formula is C13H11ClFN3O3. The Bertz CT molecular complexity index is 626. The number of carbonyl (C=O) groups is 2. The van der Waals surface area contributed by atoms with E-state index in [9.17, 15) is 14.0 Å². The molecule has 0 bridgehead atoms. The van der Waals surface area contributed by atoms with Crippen LogP contribution in [0.5, 0.6) is 0 Å². The summed E-state index contributed by atoms with van der Waals surface area (Å²) in [7, 11) is 0. The van der Waals surface area contributed by atoms with Gasteiger partial charge >= 0.3 is 5.97 Å². The molecule has 0 saturated heterocycles. The van der Waals surface area contributed by atoms with Crippen LogP contribution in [0.25, 0.3) is 0 Å². The highest BCUT2D eigenvalue weighted by atomic mass is 35.5. The second-order valence-electron chi connectivity index (χ2n) is 3.84. The number of halogens is 2. The SMILES string of the molecule is N#C/C(=C/Nc1ccc(F)c(Cl)c1)C(=O)NCCC(=O)O. The molecule has 0 heterocycles. The van der Waals surface area contributed by atoms with E-state index in [0.717, 1.165) is 12.3 Å². The number of carboxylic acids is 1. The zero-order valence-corrected chi connectivity index (χ0v) is 11.4. The average Bonchev–Trinajstić information content (AvgIpc) is 2.43. The molecule has 1 rings (SSSR count). The molecule has 0 radical (unpaired) electrons. The Kier molecular flexibility index (Phi) is 6.17. The highest BCUT2D eigenvalue weighted by Gasteiger charge is 2.09. The van der Waals surface area contributed by atoms with Gasteiger partial charge in [-0.2, -0.15) is 5.26 Å². The first kappa shape index (κ1) is 16.5. The first-order valence-corrected chi connectivity index (χ1v) is 6.13. The van der Waals surface area contributed by atoms with Gasteiger partial charge < -0.3 is 15.7 Å². The standard InChI is InChI=1S/C13H11ClFN3O3/c14-10-5-9(1-2-11(10)15)18-7-8(6-16)13(21)17-4-3-12(19)20/h1-2,5,7,18H,3-4H2,(H,17,21)(H,19,20)/b8-7-. The summed E-state index contributed by atoms with van der Waals surface area (Å²) in [4.78, 5) is 21.9. The quantitative estimate of drug-likeness (QED) is 0.550. The Morgan fingerprint density at radius 2 is 2.19 bits per heavy atom. The van der Waals surface area contributed by atoms with Gasteiger partial charge in [-0.3, -0.25) is 9.59 Å². The zero-order valence-electron chi connectivity index (χ0n) is 10.7. The third kappa shape index (κ3) is 5.50. The summed E-state index contributed by atoms with van der Waals surface area (Å²) in [5.74, 6) is -2.35. The lowest BCUT2D eigenvalue weighted by molar-refractivity contribution is -0.136. The molecule has 1 aromatic rings. The van der Waals surface area contributed by atoms with Gasteiger partial charge in [-0.05, 0) is 18.2 Å². The maximum Gasteiger partial charge on any atom is 0.305 e. The van der Waals surface area contributed by atoms with E-state index in [0.29, 0.717) is 5.69 Å². The van der Waals surface area contributed by atoms with E-state index in [1.165, 1.54) is 12.1 Å². The maximum atomic E-state index is 13.0. The predicted octanol–water partition coefficient (Wildman–Crippen LogP) is 1.89. The lowest BCUT2D eigenvalue weighted by Crippen LogP contribution is -2.27. The number of benzene rings is 1. The van der Waals surface area contributed by atoms with Crippen LogP contribution in [0.15, 0.2) is 30.0 Å². The molecule has 0 saturated carbocycles. The maximum absolute atomic E-state index is 13.0. The molecule has 0 fully saturated rings. The van der Waals surface area contributed by atoms with E-state index in [2.05, 4.69) is 10.6 Å². The van der Waals surface area contributed by atoms with Gasteiger partial charge in [0.2, 0.25) is 0 Å². The number of nitrogens with zero attached hydrogens (tertiary/aromatic N) is 1. The van der Waals surface area contributed by atoms with Crippen LogP contribution in [0, 0.1) is 17.1 Å². The third-order valence-electron chi connectivity index (χ3n) is 2.29. The van der Waals surface area contributed by atoms with E-state index in [-0.39, 0.29) is 23.6 Å². The Hall–Kier alpha value is -2.59. The fourth-order valence-electron chi connectivity index (χ4n) is 1.27. The highest BCUT2D eigenvalue weighted by Crippen LogP contribution is 2.19. The van der Waals surface area contributed by atoms with Crippen molar-refractivity contribution in [3.63, 3.8) is 0 Å². The molecule has 0 aliphatic carbocycles. The number of nitrogens with one attached hydrogen (secondary N) is 2. The lowest BCUT2D eigenvalue weighted by Gasteiger charge is -2.04. The van der Waals surface area contributed by atoms with Crippen molar-refractivity contribution >= 4 is 29.2 Å². The van der Waals surface area contributed by atoms with Crippen molar-refractivity contribution in [2.75, 3.05) is 11.9 Å². The Balaban J connectivity index is 2.66. The molecule has 0 aliphatic heterocycles. The van der Waals surface area contributed by atoms with Gasteiger partial charge in [-0.15, -0.1) is 0 Å². The first-order valence-electron chi connectivity index (χ1n) is 5.76. The Morgan fingerprint density at radius 3 is 2.76 bits per heavy atom. The van der Waals surface area contributed by atoms with Gasteiger partial charge in [0, 0.05) is 18.4 Å². The first-order chi connectivity index (χ1) is 9.93. The third-order valence-corrected chi connectivity index (χ3v) is 2.58. The van der Waals surface area contributed by atoms with Crippen LogP contribution >= 0.6 is 11.6 Å². The Morgan fingerprint density at radius 1 is 1.48 bits per heavy atom. The largest absolute Gasteiger partial charge is 0.481 e. The van der Waals surface area contributed by atoms with Crippen molar-refractivity contribution in [1.29, 1.82) is 5.26 Å². The minimum atomic E-state index is -1.06. The van der Waals surface area contributed by atoms with E-state index < -0.39 is 17.7 Å². The average molecular weight is 312 g/mol. The van der Waals surface area contributed by atoms with Crippen LogP contribution in [0.1, 0.15) is 6.42 Å². The summed E-state index contributed by atoms with van der Waals surface area (Å²) in [5.41, 5.74) is 0.147. The number of hydrogen-bond donors (Lipinski definition) is 3. The van der Waals surface area contributed by atoms with Crippen LogP contribution in [0.3, 0.4) is 0 Å². The number of anilines is 1. The molecule has 3 N–H and O–H groups in total. The summed E-state index contributed by atoms with van der Waals surface area (Å²) in [5, 5.41) is 22.1. The predicted molar refractivity (Wildman–Crippen MR) is 74.0 cm³/mol. The molecule has 110 valence electrons. The normalized spacial score (nSPS) is 10.6. The monoisotopic (exact) mass is 311 g/mol. The number of amides is 1. The van der Waals surface area contributed by atoms with Gasteiger partial charge in [-0.1, -0.05) is 11.6 Å². The van der Waals surface area contributed by atoms with E-state index in [1.54, 1.807) is 6.07 Å². The van der Waals surface area contributed by atoms with Gasteiger partial charge in [-0.25, -0.2) is 4.39 Å². The van der Waals surface area contributed by atoms with Crippen molar-refractivity contribution in [2.45, 2.75) is 6.42 Å². The number of nitriles is 1. The number of hydrogen-bond acceptors (Lipinski definition) is 4. The molecule has 8 heteroatoms. The van der Waals surface area contributed by atoms with Crippen molar-refractivity contribution in [2.24, 2.45) is 0 Å². The molecule has 0 atom stereocenters. The van der Waals surface area contributed by atoms with Gasteiger partial charge in [0.25, 0.3) is 5.91 Å². The molecule has 1 aromatic carbocycles. The lowest BCUT2D eigenvalue weighted by atomic mass is 10.2. The van der Waals surface area contributed by atoms with Gasteiger partial charge in [0.1, 0.15) is 17.5 Å². The minimum Gasteiger partial charge on any atom is -0.481 e. The van der Waals surface area contributed by atoms with E-state index >= 15 is 0 Å². The highest BCUT2D eigenvalue weighted by molar-refractivity contribution is 6.31. The van der Waals surface area contributed by atoms with E-state index in [1.807, 2.05) is 0 Å². The summed E-state index contributed by atoms with van der Waals surface area (Å²) in [6.45, 7) is -0.0877. The summed E-state index contributed by atoms with van der Waals surface area (Å²) < 4.78 is 13.0. The van der Waals surface area contributed by atoms with Crippen molar-refractivity contribution < 1.29 is 19.1 Å². The van der Waals surface area contributed by atoms with Crippen LogP contribution in [0.4, 0.5) is 10.1 Å². The minimum absolute atomic E-state index is 0.0877. The second-order valence-corrected chi connectivity index (χ2v) is 4.25. The number of aliphatic carboxylic acids is 1. The molecule has 6 nitrogen and oxygen atoms in total. The molecule has 21 heavy (non-hydrogen) atoms. The number of rotatable bonds is 6. The number of carboxylic acid groups (broad SMARTS) is 1. The molecular weight excluding hydrogens is 301 g/mol.